The van der Waals surface area contributed by atoms with E-state index in [0.717, 1.165) is 28.9 Å². The number of benzene rings is 1. The Balaban J connectivity index is 1.71. The standard InChI is InChI=1S/C18H21BrN2O3S/c1-24-17-10-13(19)4-6-15(17)16(22)12-20-11-14(5-7-18(20)23)25-21-8-2-3-9-21/h4,6,10-11H,2-3,5,7-9,12H2,1H3. The van der Waals surface area contributed by atoms with Gasteiger partial charge in [0.25, 0.3) is 0 Å². The molecule has 1 fully saturated rings. The molecule has 7 heteroatoms. The van der Waals surface area contributed by atoms with Gasteiger partial charge in [0, 0.05) is 35.1 Å². The molecule has 0 radical (unpaired) electrons. The third kappa shape index (κ3) is 4.65. The van der Waals surface area contributed by atoms with E-state index in [4.69, 9.17) is 4.74 Å². The van der Waals surface area contributed by atoms with Crippen molar-refractivity contribution in [3.8, 4) is 5.75 Å². The molecule has 1 aromatic carbocycles. The molecule has 1 amide bonds. The Labute approximate surface area is 160 Å². The Kier molecular flexibility index (Phi) is 6.19. The summed E-state index contributed by atoms with van der Waals surface area (Å²) in [5.41, 5.74) is 0.492. The van der Waals surface area contributed by atoms with Crippen LogP contribution in [0.1, 0.15) is 36.0 Å². The van der Waals surface area contributed by atoms with Gasteiger partial charge in [-0.05, 0) is 49.4 Å². The quantitative estimate of drug-likeness (QED) is 0.512. The Morgan fingerprint density at radius 2 is 2.04 bits per heavy atom. The van der Waals surface area contributed by atoms with E-state index in [-0.39, 0.29) is 18.2 Å². The van der Waals surface area contributed by atoms with Gasteiger partial charge in [0.05, 0.1) is 19.2 Å². The van der Waals surface area contributed by atoms with E-state index in [2.05, 4.69) is 20.2 Å². The number of hydrogen-bond acceptors (Lipinski definition) is 5. The van der Waals surface area contributed by atoms with Crippen molar-refractivity contribution in [2.75, 3.05) is 26.7 Å². The molecule has 3 rings (SSSR count). The van der Waals surface area contributed by atoms with Crippen LogP contribution in [0.25, 0.3) is 0 Å². The molecule has 0 aliphatic carbocycles. The summed E-state index contributed by atoms with van der Waals surface area (Å²) >= 11 is 5.10. The van der Waals surface area contributed by atoms with Crippen LogP contribution in [0.4, 0.5) is 0 Å². The number of Topliss-reactive ketones (excluding diaryl/α,β-unsaturated/α-hetero) is 1. The lowest BCUT2D eigenvalue weighted by Gasteiger charge is -2.26. The Bertz CT molecular complexity index is 702. The van der Waals surface area contributed by atoms with Crippen molar-refractivity contribution in [3.05, 3.63) is 39.3 Å². The summed E-state index contributed by atoms with van der Waals surface area (Å²) in [6.45, 7) is 2.22. The predicted octanol–water partition coefficient (Wildman–Crippen LogP) is 3.85. The number of carbonyl (C=O) groups is 2. The molecule has 0 aromatic heterocycles. The van der Waals surface area contributed by atoms with Gasteiger partial charge in [0.2, 0.25) is 5.91 Å². The van der Waals surface area contributed by atoms with Gasteiger partial charge in [0.15, 0.2) is 5.78 Å². The second kappa shape index (κ2) is 8.38. The fraction of sp³-hybridized carbons (Fsp3) is 0.444. The van der Waals surface area contributed by atoms with E-state index < -0.39 is 0 Å². The van der Waals surface area contributed by atoms with E-state index in [0.29, 0.717) is 17.7 Å². The first-order valence-electron chi connectivity index (χ1n) is 8.36. The van der Waals surface area contributed by atoms with E-state index in [1.807, 2.05) is 6.20 Å². The summed E-state index contributed by atoms with van der Waals surface area (Å²) in [7, 11) is 1.54. The van der Waals surface area contributed by atoms with Gasteiger partial charge in [-0.15, -0.1) is 0 Å². The van der Waals surface area contributed by atoms with E-state index in [1.165, 1.54) is 20.0 Å². The van der Waals surface area contributed by atoms with Crippen molar-refractivity contribution in [2.24, 2.45) is 0 Å². The lowest BCUT2D eigenvalue weighted by Crippen LogP contribution is -2.34. The highest BCUT2D eigenvalue weighted by atomic mass is 79.9. The minimum absolute atomic E-state index is 0.00444. The summed E-state index contributed by atoms with van der Waals surface area (Å²) in [6.07, 6.45) is 5.51. The predicted molar refractivity (Wildman–Crippen MR) is 102 cm³/mol. The van der Waals surface area contributed by atoms with Gasteiger partial charge in [0.1, 0.15) is 5.75 Å². The number of rotatable bonds is 6. The highest BCUT2D eigenvalue weighted by Gasteiger charge is 2.25. The van der Waals surface area contributed by atoms with Crippen LogP contribution in [0.5, 0.6) is 5.75 Å². The molecule has 2 heterocycles. The number of allylic oxidation sites excluding steroid dienone is 1. The van der Waals surface area contributed by atoms with Crippen LogP contribution in [-0.4, -0.2) is 47.6 Å². The van der Waals surface area contributed by atoms with E-state index in [9.17, 15) is 9.59 Å². The number of methoxy groups -OCH3 is 1. The van der Waals surface area contributed by atoms with Crippen LogP contribution in [0, 0.1) is 0 Å². The van der Waals surface area contributed by atoms with E-state index >= 15 is 0 Å². The highest BCUT2D eigenvalue weighted by molar-refractivity contribution is 9.10. The van der Waals surface area contributed by atoms with Crippen molar-refractivity contribution >= 4 is 39.6 Å². The molecule has 2 aliphatic heterocycles. The topological polar surface area (TPSA) is 49.9 Å². The van der Waals surface area contributed by atoms with Gasteiger partial charge in [-0.1, -0.05) is 15.9 Å². The zero-order chi connectivity index (χ0) is 17.8. The van der Waals surface area contributed by atoms with Gasteiger partial charge in [-0.25, -0.2) is 4.31 Å². The maximum Gasteiger partial charge on any atom is 0.227 e. The largest absolute Gasteiger partial charge is 0.496 e. The average molecular weight is 425 g/mol. The summed E-state index contributed by atoms with van der Waals surface area (Å²) in [4.78, 5) is 27.6. The number of hydrogen-bond donors (Lipinski definition) is 0. The van der Waals surface area contributed by atoms with Crippen LogP contribution in [0.3, 0.4) is 0 Å². The third-order valence-corrected chi connectivity index (χ3v) is 5.96. The first kappa shape index (κ1) is 18.5. The lowest BCUT2D eigenvalue weighted by molar-refractivity contribution is -0.128. The zero-order valence-corrected chi connectivity index (χ0v) is 16.6. The first-order valence-corrected chi connectivity index (χ1v) is 9.93. The lowest BCUT2D eigenvalue weighted by atomic mass is 10.1. The fourth-order valence-electron chi connectivity index (χ4n) is 2.97. The highest BCUT2D eigenvalue weighted by Crippen LogP contribution is 2.32. The SMILES string of the molecule is COc1cc(Br)ccc1C(=O)CN1C=C(SN2CCCC2)CCC1=O. The fourth-order valence-corrected chi connectivity index (χ4v) is 4.45. The third-order valence-electron chi connectivity index (χ3n) is 4.29. The maximum absolute atomic E-state index is 12.7. The summed E-state index contributed by atoms with van der Waals surface area (Å²) in [6, 6.07) is 5.29. The Hall–Kier alpha value is -1.31. The van der Waals surface area contributed by atoms with Crippen molar-refractivity contribution in [2.45, 2.75) is 25.7 Å². The Morgan fingerprint density at radius 1 is 1.28 bits per heavy atom. The average Bonchev–Trinajstić information content (AvgIpc) is 3.10. The Morgan fingerprint density at radius 3 is 2.76 bits per heavy atom. The summed E-state index contributed by atoms with van der Waals surface area (Å²) < 4.78 is 8.47. The smallest absolute Gasteiger partial charge is 0.227 e. The minimum Gasteiger partial charge on any atom is -0.496 e. The normalized spacial score (nSPS) is 18.4. The molecular formula is C18H21BrN2O3S. The molecule has 0 saturated carbocycles. The molecule has 1 aromatic rings. The molecule has 134 valence electrons. The molecule has 0 unspecified atom stereocenters. The summed E-state index contributed by atoms with van der Waals surface area (Å²) in [5, 5.41) is 0. The van der Waals surface area contributed by atoms with Gasteiger partial charge >= 0.3 is 0 Å². The second-order valence-corrected chi connectivity index (χ2v) is 8.25. The number of carbonyl (C=O) groups excluding carboxylic acids is 2. The molecule has 0 spiro atoms. The molecule has 25 heavy (non-hydrogen) atoms. The maximum atomic E-state index is 12.7. The number of ketones is 1. The van der Waals surface area contributed by atoms with Crippen molar-refractivity contribution in [1.82, 2.24) is 9.21 Å². The molecule has 1 saturated heterocycles. The minimum atomic E-state index is -0.124. The molecule has 0 atom stereocenters. The van der Waals surface area contributed by atoms with Gasteiger partial charge in [-0.3, -0.25) is 9.59 Å². The number of amides is 1. The molecule has 2 aliphatic rings. The van der Waals surface area contributed by atoms with Gasteiger partial charge < -0.3 is 9.64 Å². The zero-order valence-electron chi connectivity index (χ0n) is 14.2. The van der Waals surface area contributed by atoms with Crippen molar-refractivity contribution in [1.29, 1.82) is 0 Å². The number of halogens is 1. The van der Waals surface area contributed by atoms with Crippen LogP contribution in [-0.2, 0) is 4.79 Å². The number of ether oxygens (including phenoxy) is 1. The molecule has 0 bridgehead atoms. The van der Waals surface area contributed by atoms with Crippen molar-refractivity contribution in [3.63, 3.8) is 0 Å². The molecular weight excluding hydrogens is 404 g/mol. The van der Waals surface area contributed by atoms with E-state index in [1.54, 1.807) is 35.0 Å². The van der Waals surface area contributed by atoms with Crippen LogP contribution in [0.15, 0.2) is 33.8 Å². The molecule has 5 nitrogen and oxygen atoms in total. The number of nitrogens with zero attached hydrogens (tertiary/aromatic N) is 2. The molecule has 0 N–H and O–H groups in total. The van der Waals surface area contributed by atoms with Crippen LogP contribution >= 0.6 is 27.9 Å². The monoisotopic (exact) mass is 424 g/mol. The summed E-state index contributed by atoms with van der Waals surface area (Å²) in [5.74, 6) is 0.385. The van der Waals surface area contributed by atoms with Crippen LogP contribution < -0.4 is 4.74 Å². The van der Waals surface area contributed by atoms with Gasteiger partial charge in [-0.2, -0.15) is 0 Å². The van der Waals surface area contributed by atoms with Crippen molar-refractivity contribution < 1.29 is 14.3 Å². The van der Waals surface area contributed by atoms with Crippen LogP contribution in [0.2, 0.25) is 0 Å². The second-order valence-electron chi connectivity index (χ2n) is 6.11. The first-order chi connectivity index (χ1) is 12.1.